The number of imidazole rings is 1. The maximum absolute atomic E-state index is 12.1. The van der Waals surface area contributed by atoms with Crippen LogP contribution in [0.2, 0.25) is 0 Å². The van der Waals surface area contributed by atoms with Crippen LogP contribution in [0.15, 0.2) is 12.5 Å². The molecule has 1 aromatic heterocycles. The molecule has 0 spiro atoms. The molecule has 0 bridgehead atoms. The van der Waals surface area contributed by atoms with Gasteiger partial charge in [-0.05, 0) is 27.4 Å². The second-order valence-corrected chi connectivity index (χ2v) is 9.29. The van der Waals surface area contributed by atoms with Crippen molar-refractivity contribution in [3.8, 4) is 0 Å². The summed E-state index contributed by atoms with van der Waals surface area (Å²) >= 11 is 0. The number of hydrogen-bond acceptors (Lipinski definition) is 3. The van der Waals surface area contributed by atoms with Crippen LogP contribution >= 0.6 is 0 Å². The van der Waals surface area contributed by atoms with Gasteiger partial charge in [-0.2, -0.15) is 0 Å². The van der Waals surface area contributed by atoms with Gasteiger partial charge in [-0.1, -0.05) is 96.8 Å². The number of likely N-dealkylation sites (N-methyl/N-ethyl adjacent to an activating group) is 1. The van der Waals surface area contributed by atoms with E-state index >= 15 is 0 Å². The minimum Gasteiger partial charge on any atom is -0.480 e. The highest BCUT2D eigenvalue weighted by molar-refractivity contribution is 5.79. The number of nitrogens with one attached hydrogen (secondary N) is 1. The van der Waals surface area contributed by atoms with Crippen LogP contribution in [-0.2, 0) is 4.79 Å². The van der Waals surface area contributed by atoms with Crippen molar-refractivity contribution in [3.63, 3.8) is 0 Å². The molecule has 2 atom stereocenters. The Morgan fingerprint density at radius 2 is 1.43 bits per heavy atom. The molecule has 1 rings (SSSR count). The van der Waals surface area contributed by atoms with Gasteiger partial charge in [0.05, 0.1) is 6.33 Å². The Morgan fingerprint density at radius 1 is 0.967 bits per heavy atom. The monoisotopic (exact) mass is 421 g/mol. The minimum absolute atomic E-state index is 0.0928. The van der Waals surface area contributed by atoms with E-state index in [0.29, 0.717) is 0 Å². The molecule has 0 aliphatic carbocycles. The standard InChI is InChI=1S/C25H47N3O2/c1-5-6-7-8-9-10-11-12-13-14-15-16-17-18-19-22(23-20-26-21-27-23)25(2,24(29)30)28(3)4/h20-22H,5-19H2,1-4H3,(H,26,27)(H,29,30). The van der Waals surface area contributed by atoms with Crippen molar-refractivity contribution in [2.24, 2.45) is 0 Å². The molecule has 30 heavy (non-hydrogen) atoms. The predicted molar refractivity (Wildman–Crippen MR) is 126 cm³/mol. The summed E-state index contributed by atoms with van der Waals surface area (Å²) in [6.07, 6.45) is 22.9. The molecule has 0 amide bonds. The van der Waals surface area contributed by atoms with E-state index < -0.39 is 11.5 Å². The van der Waals surface area contributed by atoms with Crippen molar-refractivity contribution in [2.45, 2.75) is 122 Å². The van der Waals surface area contributed by atoms with Gasteiger partial charge in [-0.3, -0.25) is 9.69 Å². The molecule has 0 aromatic carbocycles. The number of hydrogen-bond donors (Lipinski definition) is 2. The first-order valence-corrected chi connectivity index (χ1v) is 12.3. The molecule has 174 valence electrons. The average Bonchev–Trinajstić information content (AvgIpc) is 3.24. The smallest absolute Gasteiger partial charge is 0.324 e. The van der Waals surface area contributed by atoms with Gasteiger partial charge in [0.2, 0.25) is 0 Å². The fourth-order valence-corrected chi connectivity index (χ4v) is 4.39. The van der Waals surface area contributed by atoms with E-state index in [1.165, 1.54) is 83.5 Å². The Bertz CT molecular complexity index is 545. The van der Waals surface area contributed by atoms with Gasteiger partial charge >= 0.3 is 5.97 Å². The zero-order chi connectivity index (χ0) is 22.2. The van der Waals surface area contributed by atoms with Gasteiger partial charge in [-0.25, -0.2) is 4.98 Å². The molecular formula is C25H47N3O2. The minimum atomic E-state index is -0.941. The molecule has 1 aromatic rings. The van der Waals surface area contributed by atoms with Crippen molar-refractivity contribution >= 4 is 5.97 Å². The number of carbonyl (C=O) groups is 1. The summed E-state index contributed by atoms with van der Waals surface area (Å²) in [6, 6.07) is 0. The number of nitrogens with zero attached hydrogens (tertiary/aromatic N) is 2. The summed E-state index contributed by atoms with van der Waals surface area (Å²) < 4.78 is 0. The van der Waals surface area contributed by atoms with Gasteiger partial charge in [0, 0.05) is 17.8 Å². The second kappa shape index (κ2) is 15.4. The van der Waals surface area contributed by atoms with Crippen molar-refractivity contribution in [1.29, 1.82) is 0 Å². The molecule has 5 heteroatoms. The third-order valence-corrected chi connectivity index (χ3v) is 6.78. The van der Waals surface area contributed by atoms with Crippen LogP contribution < -0.4 is 0 Å². The quantitative estimate of drug-likeness (QED) is 0.242. The Morgan fingerprint density at radius 3 is 1.80 bits per heavy atom. The lowest BCUT2D eigenvalue weighted by Gasteiger charge is -2.39. The lowest BCUT2D eigenvalue weighted by molar-refractivity contribution is -0.150. The molecule has 1 heterocycles. The molecule has 0 radical (unpaired) electrons. The van der Waals surface area contributed by atoms with E-state index in [1.807, 2.05) is 25.9 Å². The molecule has 0 saturated heterocycles. The van der Waals surface area contributed by atoms with Gasteiger partial charge < -0.3 is 10.1 Å². The van der Waals surface area contributed by atoms with Crippen molar-refractivity contribution < 1.29 is 9.90 Å². The Balaban J connectivity index is 2.21. The summed E-state index contributed by atoms with van der Waals surface area (Å²) in [4.78, 5) is 21.2. The second-order valence-electron chi connectivity index (χ2n) is 9.29. The number of carboxylic acid groups (broad SMARTS) is 1. The van der Waals surface area contributed by atoms with E-state index in [-0.39, 0.29) is 5.92 Å². The first kappa shape index (κ1) is 26.7. The number of unbranched alkanes of at least 4 members (excludes halogenated alkanes) is 13. The molecule has 0 fully saturated rings. The molecular weight excluding hydrogens is 374 g/mol. The largest absolute Gasteiger partial charge is 0.480 e. The fourth-order valence-electron chi connectivity index (χ4n) is 4.39. The van der Waals surface area contributed by atoms with Gasteiger partial charge in [0.15, 0.2) is 0 Å². The van der Waals surface area contributed by atoms with Crippen molar-refractivity contribution in [2.75, 3.05) is 14.1 Å². The first-order chi connectivity index (χ1) is 14.4. The van der Waals surface area contributed by atoms with Crippen LogP contribution in [0.4, 0.5) is 0 Å². The number of H-pyrrole nitrogens is 1. The molecule has 2 N–H and O–H groups in total. The number of aromatic amines is 1. The van der Waals surface area contributed by atoms with Crippen LogP contribution in [0, 0.1) is 0 Å². The van der Waals surface area contributed by atoms with Gasteiger partial charge in [0.25, 0.3) is 0 Å². The predicted octanol–water partition coefficient (Wildman–Crippen LogP) is 6.77. The van der Waals surface area contributed by atoms with E-state index in [2.05, 4.69) is 16.9 Å². The highest BCUT2D eigenvalue weighted by Gasteiger charge is 2.44. The fraction of sp³-hybridized carbons (Fsp3) is 0.840. The van der Waals surface area contributed by atoms with Gasteiger partial charge in [0.1, 0.15) is 5.54 Å². The van der Waals surface area contributed by atoms with Crippen LogP contribution in [0.1, 0.15) is 122 Å². The summed E-state index contributed by atoms with van der Waals surface area (Å²) in [7, 11) is 3.70. The van der Waals surface area contributed by atoms with Crippen LogP contribution in [0.3, 0.4) is 0 Å². The molecule has 0 saturated carbocycles. The van der Waals surface area contributed by atoms with Crippen molar-refractivity contribution in [3.05, 3.63) is 18.2 Å². The topological polar surface area (TPSA) is 69.2 Å². The molecule has 5 nitrogen and oxygen atoms in total. The number of carboxylic acids is 1. The lowest BCUT2D eigenvalue weighted by atomic mass is 9.79. The zero-order valence-electron chi connectivity index (χ0n) is 20.1. The summed E-state index contributed by atoms with van der Waals surface area (Å²) in [5.41, 5.74) is -0.0217. The average molecular weight is 422 g/mol. The van der Waals surface area contributed by atoms with Gasteiger partial charge in [-0.15, -0.1) is 0 Å². The molecule has 0 aliphatic heterocycles. The SMILES string of the molecule is CCCCCCCCCCCCCCCCC(c1cnc[nH]1)C(C)(C(=O)O)N(C)C. The van der Waals surface area contributed by atoms with Crippen LogP contribution in [0.5, 0.6) is 0 Å². The normalized spacial score (nSPS) is 14.7. The maximum Gasteiger partial charge on any atom is 0.324 e. The van der Waals surface area contributed by atoms with E-state index in [1.54, 1.807) is 12.5 Å². The Labute approximate surface area is 185 Å². The molecule has 0 aliphatic rings. The first-order valence-electron chi connectivity index (χ1n) is 12.3. The highest BCUT2D eigenvalue weighted by atomic mass is 16.4. The van der Waals surface area contributed by atoms with E-state index in [9.17, 15) is 9.90 Å². The third-order valence-electron chi connectivity index (χ3n) is 6.78. The number of aromatic nitrogens is 2. The third kappa shape index (κ3) is 9.20. The zero-order valence-corrected chi connectivity index (χ0v) is 20.1. The summed E-state index contributed by atoms with van der Waals surface area (Å²) in [5, 5.41) is 9.91. The van der Waals surface area contributed by atoms with Crippen LogP contribution in [-0.4, -0.2) is 45.6 Å². The van der Waals surface area contributed by atoms with E-state index in [0.717, 1.165) is 18.5 Å². The van der Waals surface area contributed by atoms with Crippen LogP contribution in [0.25, 0.3) is 0 Å². The summed E-state index contributed by atoms with van der Waals surface area (Å²) in [6.45, 7) is 4.10. The van der Waals surface area contributed by atoms with E-state index in [4.69, 9.17) is 0 Å². The van der Waals surface area contributed by atoms with Crippen molar-refractivity contribution in [1.82, 2.24) is 14.9 Å². The number of rotatable bonds is 19. The Kier molecular flexibility index (Phi) is 13.7. The maximum atomic E-state index is 12.1. The molecule has 2 unspecified atom stereocenters. The lowest BCUT2D eigenvalue weighted by Crippen LogP contribution is -2.53. The Hall–Kier alpha value is -1.36. The highest BCUT2D eigenvalue weighted by Crippen LogP contribution is 2.35. The number of aliphatic carboxylic acids is 1. The summed E-state index contributed by atoms with van der Waals surface area (Å²) in [5.74, 6) is -0.873.